The number of alkyl carbamates (subject to hydrolysis) is 1. The van der Waals surface area contributed by atoms with E-state index in [4.69, 9.17) is 13.9 Å². The van der Waals surface area contributed by atoms with Crippen LogP contribution in [-0.4, -0.2) is 48.7 Å². The van der Waals surface area contributed by atoms with Crippen LogP contribution in [0.1, 0.15) is 50.5 Å². The molecule has 2 aromatic carbocycles. The third kappa shape index (κ3) is 8.59. The number of fused-ring (bicyclic) bond motifs is 1. The molecule has 1 aliphatic rings. The topological polar surface area (TPSA) is 131 Å². The van der Waals surface area contributed by atoms with E-state index in [0.29, 0.717) is 31.1 Å². The third-order valence-electron chi connectivity index (χ3n) is 6.13. The average Bonchev–Trinajstić information content (AvgIpc) is 3.32. The third-order valence-corrected chi connectivity index (χ3v) is 6.13. The summed E-state index contributed by atoms with van der Waals surface area (Å²) < 4.78 is 16.7. The Kier molecular flexibility index (Phi) is 9.42. The van der Waals surface area contributed by atoms with E-state index >= 15 is 0 Å². The number of hydrogen-bond donors (Lipinski definition) is 3. The summed E-state index contributed by atoms with van der Waals surface area (Å²) in [6.45, 7) is 6.87. The van der Waals surface area contributed by atoms with Crippen molar-refractivity contribution >= 4 is 34.7 Å². The second-order valence-electron chi connectivity index (χ2n) is 10.6. The van der Waals surface area contributed by atoms with Crippen molar-refractivity contribution in [2.45, 2.75) is 64.7 Å². The summed E-state index contributed by atoms with van der Waals surface area (Å²) in [6, 6.07) is 14.0. The molecule has 0 bridgehead atoms. The van der Waals surface area contributed by atoms with E-state index < -0.39 is 23.7 Å². The van der Waals surface area contributed by atoms with Gasteiger partial charge in [0, 0.05) is 36.7 Å². The molecule has 1 aromatic heterocycles. The summed E-state index contributed by atoms with van der Waals surface area (Å²) >= 11 is 0. The highest BCUT2D eigenvalue weighted by Crippen LogP contribution is 2.25. The average molecular weight is 549 g/mol. The monoisotopic (exact) mass is 548 g/mol. The molecular weight excluding hydrogens is 512 g/mol. The molecule has 4 rings (SSSR count). The van der Waals surface area contributed by atoms with Crippen LogP contribution in [0.3, 0.4) is 0 Å². The van der Waals surface area contributed by atoms with Gasteiger partial charge in [-0.2, -0.15) is 0 Å². The highest BCUT2D eigenvalue weighted by molar-refractivity contribution is 5.97. The number of nitrogens with one attached hydrogen (secondary N) is 3. The van der Waals surface area contributed by atoms with Crippen LogP contribution in [0.4, 0.5) is 4.79 Å². The number of furan rings is 1. The van der Waals surface area contributed by atoms with Gasteiger partial charge >= 0.3 is 12.1 Å². The van der Waals surface area contributed by atoms with Crippen molar-refractivity contribution in [3.05, 3.63) is 71.7 Å². The molecule has 10 heteroatoms. The van der Waals surface area contributed by atoms with Crippen molar-refractivity contribution < 1.29 is 28.3 Å². The smallest absolute Gasteiger partial charge is 0.408 e. The molecule has 212 valence electrons. The van der Waals surface area contributed by atoms with Crippen LogP contribution in [-0.2, 0) is 38.5 Å². The Labute approximate surface area is 233 Å². The fourth-order valence-corrected chi connectivity index (χ4v) is 4.20. The van der Waals surface area contributed by atoms with Gasteiger partial charge in [0.05, 0.1) is 6.26 Å². The largest absolute Gasteiger partial charge is 0.468 e. The minimum absolute atomic E-state index is 0.0722. The number of aliphatic imine (C=N–C) groups is 1. The molecule has 2 amide bonds. The molecule has 0 fully saturated rings. The lowest BCUT2D eigenvalue weighted by Gasteiger charge is -2.24. The number of carbonyl (C=O) groups is 3. The van der Waals surface area contributed by atoms with Gasteiger partial charge in [0.15, 0.2) is 5.96 Å². The van der Waals surface area contributed by atoms with Gasteiger partial charge in [-0.15, -0.1) is 0 Å². The Morgan fingerprint density at radius 2 is 1.90 bits per heavy atom. The summed E-state index contributed by atoms with van der Waals surface area (Å²) in [4.78, 5) is 42.1. The zero-order valence-corrected chi connectivity index (χ0v) is 23.1. The number of esters is 1. The lowest BCUT2D eigenvalue weighted by molar-refractivity contribution is -0.157. The van der Waals surface area contributed by atoms with Crippen LogP contribution < -0.4 is 16.0 Å². The molecule has 0 radical (unpaired) electrons. The molecular formula is C30H36N4O6. The van der Waals surface area contributed by atoms with Gasteiger partial charge < -0.3 is 24.5 Å². The fourth-order valence-electron chi connectivity index (χ4n) is 4.20. The predicted molar refractivity (Wildman–Crippen MR) is 151 cm³/mol. The van der Waals surface area contributed by atoms with Gasteiger partial charge in [-0.25, -0.2) is 9.59 Å². The molecule has 1 unspecified atom stereocenters. The van der Waals surface area contributed by atoms with Crippen LogP contribution in [0, 0.1) is 0 Å². The van der Waals surface area contributed by atoms with Crippen molar-refractivity contribution in [1.82, 2.24) is 16.0 Å². The first kappa shape index (κ1) is 28.7. The second-order valence-corrected chi connectivity index (χ2v) is 10.6. The highest BCUT2D eigenvalue weighted by Gasteiger charge is 2.29. The molecule has 0 aliphatic carbocycles. The van der Waals surface area contributed by atoms with Crippen molar-refractivity contribution in [1.29, 1.82) is 0 Å². The van der Waals surface area contributed by atoms with E-state index in [-0.39, 0.29) is 18.9 Å². The number of hydrogen-bond acceptors (Lipinski definition) is 8. The standard InChI is InChI=1S/C30H36N4O6/c1-30(2,3)40-27(36)24(33-29(37)39-18-21-8-5-4-6-9-21)17-25-23-12-10-20(16-22(23)19-38-25)11-13-26(35)34-28-31-14-7-15-32-28/h4-6,8-10,12,16,19,24H,7,11,13-15,17-18H2,1-3H3,(H,33,37)(H2,31,32,34,35). The number of guanidine groups is 1. The minimum Gasteiger partial charge on any atom is -0.468 e. The fraction of sp³-hybridized carbons (Fsp3) is 0.400. The Morgan fingerprint density at radius 3 is 2.62 bits per heavy atom. The molecule has 40 heavy (non-hydrogen) atoms. The van der Waals surface area contributed by atoms with Gasteiger partial charge in [-0.05, 0) is 50.8 Å². The Morgan fingerprint density at radius 1 is 1.10 bits per heavy atom. The lowest BCUT2D eigenvalue weighted by Crippen LogP contribution is -2.45. The van der Waals surface area contributed by atoms with Crippen LogP contribution in [0.15, 0.2) is 64.2 Å². The molecule has 0 spiro atoms. The maximum atomic E-state index is 13.0. The van der Waals surface area contributed by atoms with E-state index in [2.05, 4.69) is 20.9 Å². The minimum atomic E-state index is -1.02. The molecule has 0 saturated carbocycles. The first-order valence-electron chi connectivity index (χ1n) is 13.4. The Balaban J connectivity index is 1.40. The molecule has 3 aromatic rings. The summed E-state index contributed by atoms with van der Waals surface area (Å²) in [7, 11) is 0. The van der Waals surface area contributed by atoms with Crippen LogP contribution in [0.25, 0.3) is 10.8 Å². The van der Waals surface area contributed by atoms with Crippen molar-refractivity contribution in [2.24, 2.45) is 4.99 Å². The van der Waals surface area contributed by atoms with E-state index in [1.807, 2.05) is 48.5 Å². The van der Waals surface area contributed by atoms with Crippen LogP contribution in [0.2, 0.25) is 0 Å². The van der Waals surface area contributed by atoms with Gasteiger partial charge in [-0.3, -0.25) is 15.1 Å². The number of ether oxygens (including phenoxy) is 2. The number of nitrogens with zero attached hydrogens (tertiary/aromatic N) is 1. The Bertz CT molecular complexity index is 1360. The first-order chi connectivity index (χ1) is 19.2. The molecule has 0 saturated heterocycles. The van der Waals surface area contributed by atoms with Crippen molar-refractivity contribution in [2.75, 3.05) is 13.1 Å². The maximum absolute atomic E-state index is 13.0. The number of rotatable bonds is 9. The van der Waals surface area contributed by atoms with Gasteiger partial charge in [0.2, 0.25) is 5.91 Å². The molecule has 1 atom stereocenters. The number of benzene rings is 2. The molecule has 2 heterocycles. The van der Waals surface area contributed by atoms with Gasteiger partial charge in [0.25, 0.3) is 0 Å². The van der Waals surface area contributed by atoms with Gasteiger partial charge in [-0.1, -0.05) is 42.5 Å². The lowest BCUT2D eigenvalue weighted by atomic mass is 10.0. The summed E-state index contributed by atoms with van der Waals surface area (Å²) in [6.07, 6.45) is 2.77. The predicted octanol–water partition coefficient (Wildman–Crippen LogP) is 4.01. The Hall–Kier alpha value is -4.34. The zero-order chi connectivity index (χ0) is 28.5. The van der Waals surface area contributed by atoms with Crippen molar-refractivity contribution in [3.63, 3.8) is 0 Å². The van der Waals surface area contributed by atoms with E-state index in [0.717, 1.165) is 34.9 Å². The van der Waals surface area contributed by atoms with Crippen LogP contribution >= 0.6 is 0 Å². The SMILES string of the molecule is CC(C)(C)OC(=O)C(Cc1occ2cc(CCC(=O)NC3=NCCCN3)ccc12)NC(=O)OCc1ccccc1. The second kappa shape index (κ2) is 13.1. The molecule has 3 N–H and O–H groups in total. The van der Waals surface area contributed by atoms with Crippen LogP contribution in [0.5, 0.6) is 0 Å². The summed E-state index contributed by atoms with van der Waals surface area (Å²) in [5.74, 6) is 0.364. The normalized spacial score (nSPS) is 14.0. The highest BCUT2D eigenvalue weighted by atomic mass is 16.6. The quantitative estimate of drug-likeness (QED) is 0.344. The first-order valence-corrected chi connectivity index (χ1v) is 13.4. The molecule has 1 aliphatic heterocycles. The van der Waals surface area contributed by atoms with Gasteiger partial charge in [0.1, 0.15) is 24.0 Å². The zero-order valence-electron chi connectivity index (χ0n) is 23.1. The number of aryl methyl sites for hydroxylation is 1. The van der Waals surface area contributed by atoms with E-state index in [1.165, 1.54) is 0 Å². The summed E-state index contributed by atoms with van der Waals surface area (Å²) in [5.41, 5.74) is 1.06. The maximum Gasteiger partial charge on any atom is 0.408 e. The summed E-state index contributed by atoms with van der Waals surface area (Å²) in [5, 5.41) is 10.2. The molecule has 10 nitrogen and oxygen atoms in total. The van der Waals surface area contributed by atoms with Crippen molar-refractivity contribution in [3.8, 4) is 0 Å². The number of amides is 2. The van der Waals surface area contributed by atoms with E-state index in [9.17, 15) is 14.4 Å². The number of carbonyl (C=O) groups excluding carboxylic acids is 3. The van der Waals surface area contributed by atoms with E-state index in [1.54, 1.807) is 27.0 Å².